The summed E-state index contributed by atoms with van der Waals surface area (Å²) in [6, 6.07) is 1.05. The Morgan fingerprint density at radius 2 is 1.96 bits per heavy atom. The Labute approximate surface area is 161 Å². The number of hydrogen-bond acceptors (Lipinski definition) is 1. The van der Waals surface area contributed by atoms with Crippen LogP contribution in [0.15, 0.2) is 72.0 Å². The molecule has 0 N–H and O–H groups in total. The molecule has 26 heavy (non-hydrogen) atoms. The van der Waals surface area contributed by atoms with Crippen LogP contribution in [-0.2, 0) is 0 Å². The van der Waals surface area contributed by atoms with E-state index >= 15 is 0 Å². The summed E-state index contributed by atoms with van der Waals surface area (Å²) in [6.07, 6.45) is 27.7. The summed E-state index contributed by atoms with van der Waals surface area (Å²) in [6.45, 7) is 10.8. The maximum atomic E-state index is 3.95. The predicted octanol–water partition coefficient (Wildman–Crippen LogP) is 7.27. The Hall–Kier alpha value is -1.76. The van der Waals surface area contributed by atoms with E-state index in [0.717, 1.165) is 12.8 Å². The largest absolute Gasteiger partial charge is 0.361 e. The Morgan fingerprint density at radius 3 is 2.58 bits per heavy atom. The van der Waals surface area contributed by atoms with Gasteiger partial charge >= 0.3 is 0 Å². The van der Waals surface area contributed by atoms with Crippen molar-refractivity contribution in [3.8, 4) is 0 Å². The van der Waals surface area contributed by atoms with E-state index in [9.17, 15) is 0 Å². The molecule has 0 bridgehead atoms. The van der Waals surface area contributed by atoms with E-state index in [1.165, 1.54) is 55.4 Å². The second-order valence-electron chi connectivity index (χ2n) is 7.63. The smallest absolute Gasteiger partial charge is 0.0513 e. The molecule has 0 saturated carbocycles. The standard InChI is InChI=1S/C25H37N/c1-5-7-10-16-22(4)25(21(3)15-6-2)26(23-17-11-8-12-18-23)24-19-13-9-14-20-24/h6,8-9,11-13,15,17,23-24H,2,5,7,10,14,16,18-20H2,1,3-4H3. The highest BCUT2D eigenvalue weighted by atomic mass is 15.2. The van der Waals surface area contributed by atoms with Crippen LogP contribution in [0, 0.1) is 0 Å². The summed E-state index contributed by atoms with van der Waals surface area (Å²) < 4.78 is 0. The Morgan fingerprint density at radius 1 is 1.12 bits per heavy atom. The molecule has 1 heteroatoms. The van der Waals surface area contributed by atoms with Crippen LogP contribution in [-0.4, -0.2) is 17.0 Å². The maximum absolute atomic E-state index is 3.95. The predicted molar refractivity (Wildman–Crippen MR) is 116 cm³/mol. The van der Waals surface area contributed by atoms with Crippen LogP contribution in [0.4, 0.5) is 0 Å². The van der Waals surface area contributed by atoms with Crippen molar-refractivity contribution < 1.29 is 0 Å². The molecule has 0 fully saturated rings. The lowest BCUT2D eigenvalue weighted by molar-refractivity contribution is 0.200. The molecule has 0 radical (unpaired) electrons. The zero-order valence-corrected chi connectivity index (χ0v) is 17.1. The second kappa shape index (κ2) is 11.1. The molecule has 2 atom stereocenters. The van der Waals surface area contributed by atoms with E-state index in [1.54, 1.807) is 0 Å². The van der Waals surface area contributed by atoms with Crippen molar-refractivity contribution in [1.29, 1.82) is 0 Å². The molecule has 0 aromatic rings. The van der Waals surface area contributed by atoms with Crippen molar-refractivity contribution in [1.82, 2.24) is 4.90 Å². The van der Waals surface area contributed by atoms with Crippen molar-refractivity contribution in [2.75, 3.05) is 0 Å². The summed E-state index contributed by atoms with van der Waals surface area (Å²) in [5.74, 6) is 0. The summed E-state index contributed by atoms with van der Waals surface area (Å²) >= 11 is 0. The topological polar surface area (TPSA) is 3.24 Å². The molecule has 0 aromatic heterocycles. The van der Waals surface area contributed by atoms with E-state index in [4.69, 9.17) is 0 Å². The molecule has 0 spiro atoms. The Bertz CT molecular complexity index is 600. The number of nitrogens with zero attached hydrogens (tertiary/aromatic N) is 1. The molecular formula is C25H37N. The highest BCUT2D eigenvalue weighted by molar-refractivity contribution is 5.37. The van der Waals surface area contributed by atoms with Gasteiger partial charge in [0.1, 0.15) is 0 Å². The van der Waals surface area contributed by atoms with Crippen molar-refractivity contribution >= 4 is 0 Å². The minimum absolute atomic E-state index is 0.459. The number of hydrogen-bond donors (Lipinski definition) is 0. The highest BCUT2D eigenvalue weighted by Crippen LogP contribution is 2.33. The second-order valence-corrected chi connectivity index (χ2v) is 7.63. The fourth-order valence-corrected chi connectivity index (χ4v) is 4.20. The molecular weight excluding hydrogens is 314 g/mol. The lowest BCUT2D eigenvalue weighted by Gasteiger charge is -2.43. The first-order valence-electron chi connectivity index (χ1n) is 10.4. The molecule has 2 rings (SSSR count). The van der Waals surface area contributed by atoms with Gasteiger partial charge in [0.15, 0.2) is 0 Å². The van der Waals surface area contributed by atoms with Crippen molar-refractivity contribution in [2.24, 2.45) is 0 Å². The third-order valence-corrected chi connectivity index (χ3v) is 5.51. The number of rotatable bonds is 9. The van der Waals surface area contributed by atoms with Gasteiger partial charge in [-0.25, -0.2) is 0 Å². The van der Waals surface area contributed by atoms with E-state index in [1.807, 2.05) is 6.08 Å². The van der Waals surface area contributed by atoms with Gasteiger partial charge in [-0.15, -0.1) is 0 Å². The normalized spacial score (nSPS) is 23.7. The van der Waals surface area contributed by atoms with E-state index in [0.29, 0.717) is 12.1 Å². The molecule has 142 valence electrons. The number of allylic oxidation sites excluding steroid dienone is 7. The highest BCUT2D eigenvalue weighted by Gasteiger charge is 2.28. The Kier molecular flexibility index (Phi) is 8.74. The van der Waals surface area contributed by atoms with Crippen molar-refractivity contribution in [3.63, 3.8) is 0 Å². The van der Waals surface area contributed by atoms with Crippen LogP contribution >= 0.6 is 0 Å². The minimum Gasteiger partial charge on any atom is -0.361 e. The Balaban J connectivity index is 2.41. The van der Waals surface area contributed by atoms with Crippen LogP contribution in [0.5, 0.6) is 0 Å². The van der Waals surface area contributed by atoms with Crippen molar-refractivity contribution in [2.45, 2.75) is 84.2 Å². The van der Waals surface area contributed by atoms with Gasteiger partial charge < -0.3 is 4.90 Å². The van der Waals surface area contributed by atoms with Crippen LogP contribution in [0.25, 0.3) is 0 Å². The van der Waals surface area contributed by atoms with Crippen LogP contribution < -0.4 is 0 Å². The first-order chi connectivity index (χ1) is 12.7. The molecule has 2 aliphatic carbocycles. The average Bonchev–Trinajstić information content (AvgIpc) is 2.67. The van der Waals surface area contributed by atoms with Crippen LogP contribution in [0.1, 0.15) is 72.1 Å². The zero-order valence-electron chi connectivity index (χ0n) is 17.1. The van der Waals surface area contributed by atoms with E-state index in [-0.39, 0.29) is 0 Å². The number of unbranched alkanes of at least 4 members (excludes halogenated alkanes) is 2. The molecule has 2 aliphatic rings. The maximum Gasteiger partial charge on any atom is 0.0513 e. The van der Waals surface area contributed by atoms with Gasteiger partial charge in [-0.3, -0.25) is 0 Å². The van der Waals surface area contributed by atoms with Gasteiger partial charge in [0, 0.05) is 11.7 Å². The molecule has 0 heterocycles. The molecule has 2 unspecified atom stereocenters. The van der Waals surface area contributed by atoms with Gasteiger partial charge in [-0.2, -0.15) is 0 Å². The molecule has 1 nitrogen and oxygen atoms in total. The molecule has 0 saturated heterocycles. The monoisotopic (exact) mass is 351 g/mol. The fraction of sp³-hybridized carbons (Fsp3) is 0.520. The van der Waals surface area contributed by atoms with Crippen molar-refractivity contribution in [3.05, 3.63) is 72.0 Å². The van der Waals surface area contributed by atoms with Gasteiger partial charge in [0.2, 0.25) is 0 Å². The lowest BCUT2D eigenvalue weighted by atomic mass is 9.92. The fourth-order valence-electron chi connectivity index (χ4n) is 4.20. The molecule has 0 aliphatic heterocycles. The third-order valence-electron chi connectivity index (χ3n) is 5.51. The lowest BCUT2D eigenvalue weighted by Crippen LogP contribution is -2.43. The first kappa shape index (κ1) is 20.6. The summed E-state index contributed by atoms with van der Waals surface area (Å²) in [5.41, 5.74) is 4.35. The zero-order chi connectivity index (χ0) is 18.8. The molecule has 0 amide bonds. The quantitative estimate of drug-likeness (QED) is 0.240. The summed E-state index contributed by atoms with van der Waals surface area (Å²) in [7, 11) is 0. The van der Waals surface area contributed by atoms with E-state index < -0.39 is 0 Å². The molecule has 0 aromatic carbocycles. The third kappa shape index (κ3) is 5.62. The van der Waals surface area contributed by atoms with E-state index in [2.05, 4.69) is 74.8 Å². The minimum atomic E-state index is 0.459. The first-order valence-corrected chi connectivity index (χ1v) is 10.4. The van der Waals surface area contributed by atoms with Gasteiger partial charge in [-0.1, -0.05) is 75.0 Å². The van der Waals surface area contributed by atoms with Crippen LogP contribution in [0.2, 0.25) is 0 Å². The summed E-state index contributed by atoms with van der Waals surface area (Å²) in [5, 5.41) is 0. The van der Waals surface area contributed by atoms with Gasteiger partial charge in [0.05, 0.1) is 6.04 Å². The van der Waals surface area contributed by atoms with Gasteiger partial charge in [-0.05, 0) is 63.5 Å². The average molecular weight is 352 g/mol. The van der Waals surface area contributed by atoms with Gasteiger partial charge in [0.25, 0.3) is 0 Å². The SMILES string of the molecule is C=CC=C(C)C(=C(C)CCCCC)N(C1C=CC=CC1)C1CC=CCC1. The van der Waals surface area contributed by atoms with Crippen LogP contribution in [0.3, 0.4) is 0 Å². The summed E-state index contributed by atoms with van der Waals surface area (Å²) in [4.78, 5) is 2.74.